The summed E-state index contributed by atoms with van der Waals surface area (Å²) in [6, 6.07) is 11.7. The first kappa shape index (κ1) is 23.1. The molecule has 0 saturated carbocycles. The van der Waals surface area contributed by atoms with E-state index in [4.69, 9.17) is 9.47 Å². The Morgan fingerprint density at radius 2 is 1.85 bits per heavy atom. The van der Waals surface area contributed by atoms with E-state index in [0.717, 1.165) is 48.1 Å². The fourth-order valence-electron chi connectivity index (χ4n) is 4.18. The van der Waals surface area contributed by atoms with Gasteiger partial charge < -0.3 is 19.9 Å². The maximum absolute atomic E-state index is 12.2. The van der Waals surface area contributed by atoms with Gasteiger partial charge in [-0.1, -0.05) is 24.3 Å². The average Bonchev–Trinajstić information content (AvgIpc) is 3.18. The molecule has 2 aromatic carbocycles. The number of fused-ring (bicyclic) bond motifs is 1. The van der Waals surface area contributed by atoms with E-state index in [1.54, 1.807) is 6.20 Å². The van der Waals surface area contributed by atoms with Crippen molar-refractivity contribution in [2.75, 3.05) is 6.61 Å². The smallest absolute Gasteiger partial charge is 0.408 e. The second-order valence-electron chi connectivity index (χ2n) is 10.1. The van der Waals surface area contributed by atoms with E-state index in [2.05, 4.69) is 10.4 Å². The van der Waals surface area contributed by atoms with Gasteiger partial charge in [-0.3, -0.25) is 0 Å². The molecule has 0 spiro atoms. The van der Waals surface area contributed by atoms with Gasteiger partial charge in [0, 0.05) is 12.2 Å². The summed E-state index contributed by atoms with van der Waals surface area (Å²) in [5.74, 6) is 0.202. The van der Waals surface area contributed by atoms with E-state index in [9.17, 15) is 9.90 Å². The lowest BCUT2D eigenvalue weighted by Gasteiger charge is -2.29. The van der Waals surface area contributed by atoms with Crippen LogP contribution in [0, 0.1) is 0 Å². The Morgan fingerprint density at radius 1 is 1.12 bits per heavy atom. The molecule has 1 fully saturated rings. The van der Waals surface area contributed by atoms with Crippen molar-refractivity contribution < 1.29 is 19.4 Å². The molecule has 1 aliphatic heterocycles. The van der Waals surface area contributed by atoms with E-state index < -0.39 is 17.2 Å². The highest BCUT2D eigenvalue weighted by molar-refractivity contribution is 5.92. The number of hydrogen-bond acceptors (Lipinski definition) is 5. The predicted octanol–water partition coefficient (Wildman–Crippen LogP) is 5.87. The first-order valence-electron chi connectivity index (χ1n) is 11.5. The molecule has 2 N–H and O–H groups in total. The SMILES string of the molecule is CC(C)(C)OC(=O)NC(C)(C)c1ccc(-c2ccc3c(cnn3C3CCCCO3)c2O)cc1. The summed E-state index contributed by atoms with van der Waals surface area (Å²) >= 11 is 0. The Morgan fingerprint density at radius 3 is 2.48 bits per heavy atom. The summed E-state index contributed by atoms with van der Waals surface area (Å²) in [5, 5.41) is 19.1. The number of carbonyl (C=O) groups excluding carboxylic acids is 1. The summed E-state index contributed by atoms with van der Waals surface area (Å²) in [6.07, 6.45) is 4.27. The number of aromatic hydroxyl groups is 1. The monoisotopic (exact) mass is 451 g/mol. The van der Waals surface area contributed by atoms with Crippen LogP contribution in [0.3, 0.4) is 0 Å². The lowest BCUT2D eigenvalue weighted by Crippen LogP contribution is -2.43. The lowest BCUT2D eigenvalue weighted by atomic mass is 9.92. The van der Waals surface area contributed by atoms with Gasteiger partial charge in [0.25, 0.3) is 0 Å². The lowest BCUT2D eigenvalue weighted by molar-refractivity contribution is -0.0366. The van der Waals surface area contributed by atoms with Crippen molar-refractivity contribution in [3.8, 4) is 16.9 Å². The fourth-order valence-corrected chi connectivity index (χ4v) is 4.18. The Bertz CT molecular complexity index is 1140. The maximum atomic E-state index is 12.2. The molecule has 0 bridgehead atoms. The zero-order chi connectivity index (χ0) is 23.8. The van der Waals surface area contributed by atoms with E-state index in [0.29, 0.717) is 5.39 Å². The van der Waals surface area contributed by atoms with Crippen LogP contribution in [-0.2, 0) is 15.0 Å². The minimum absolute atomic E-state index is 0.0829. The number of alkyl carbamates (subject to hydrolysis) is 1. The van der Waals surface area contributed by atoms with E-state index in [-0.39, 0.29) is 12.0 Å². The van der Waals surface area contributed by atoms with Gasteiger partial charge in [-0.15, -0.1) is 0 Å². The largest absolute Gasteiger partial charge is 0.507 e. The van der Waals surface area contributed by atoms with Crippen LogP contribution in [-0.4, -0.2) is 33.2 Å². The number of phenolic OH excluding ortho intramolecular Hbond substituents is 1. The van der Waals surface area contributed by atoms with E-state index >= 15 is 0 Å². The molecule has 1 aliphatic rings. The third kappa shape index (κ3) is 4.98. The number of phenols is 1. The van der Waals surface area contributed by atoms with Crippen molar-refractivity contribution in [2.24, 2.45) is 0 Å². The number of benzene rings is 2. The van der Waals surface area contributed by atoms with Crippen molar-refractivity contribution >= 4 is 17.0 Å². The highest BCUT2D eigenvalue weighted by atomic mass is 16.6. The van der Waals surface area contributed by atoms with Crippen molar-refractivity contribution in [1.82, 2.24) is 15.1 Å². The third-order valence-corrected chi connectivity index (χ3v) is 5.91. The number of rotatable bonds is 4. The van der Waals surface area contributed by atoms with Crippen molar-refractivity contribution in [3.05, 3.63) is 48.2 Å². The van der Waals surface area contributed by atoms with Gasteiger partial charge in [0.05, 0.1) is 22.6 Å². The molecule has 176 valence electrons. The maximum Gasteiger partial charge on any atom is 0.408 e. The van der Waals surface area contributed by atoms with Gasteiger partial charge in [0.2, 0.25) is 0 Å². The van der Waals surface area contributed by atoms with Gasteiger partial charge in [0.15, 0.2) is 6.23 Å². The molecule has 7 heteroatoms. The number of carbonyl (C=O) groups is 1. The molecule has 4 rings (SSSR count). The Hall–Kier alpha value is -3.06. The molecule has 0 radical (unpaired) electrons. The predicted molar refractivity (Wildman–Crippen MR) is 128 cm³/mol. The number of amides is 1. The molecule has 1 saturated heterocycles. The Labute approximate surface area is 194 Å². The molecule has 0 aliphatic carbocycles. The zero-order valence-corrected chi connectivity index (χ0v) is 20.0. The zero-order valence-electron chi connectivity index (χ0n) is 20.0. The van der Waals surface area contributed by atoms with Crippen LogP contribution in [0.15, 0.2) is 42.6 Å². The normalized spacial score (nSPS) is 17.2. The highest BCUT2D eigenvalue weighted by Gasteiger charge is 2.26. The topological polar surface area (TPSA) is 85.6 Å². The average molecular weight is 452 g/mol. The molecule has 1 aromatic heterocycles. The minimum Gasteiger partial charge on any atom is -0.507 e. The first-order valence-corrected chi connectivity index (χ1v) is 11.5. The van der Waals surface area contributed by atoms with Gasteiger partial charge in [0.1, 0.15) is 11.4 Å². The van der Waals surface area contributed by atoms with Crippen molar-refractivity contribution in [1.29, 1.82) is 0 Å². The summed E-state index contributed by atoms with van der Waals surface area (Å²) < 4.78 is 13.1. The van der Waals surface area contributed by atoms with Crippen LogP contribution in [0.25, 0.3) is 22.0 Å². The molecule has 3 aromatic rings. The molecule has 1 unspecified atom stereocenters. The quantitative estimate of drug-likeness (QED) is 0.518. The van der Waals surface area contributed by atoms with Crippen LogP contribution in [0.5, 0.6) is 5.75 Å². The first-order chi connectivity index (χ1) is 15.5. The van der Waals surface area contributed by atoms with E-state index in [1.165, 1.54) is 0 Å². The van der Waals surface area contributed by atoms with Crippen LogP contribution in [0.4, 0.5) is 4.79 Å². The number of aromatic nitrogens is 2. The summed E-state index contributed by atoms with van der Waals surface area (Å²) in [5.41, 5.74) is 2.23. The number of nitrogens with one attached hydrogen (secondary N) is 1. The second-order valence-corrected chi connectivity index (χ2v) is 10.1. The van der Waals surface area contributed by atoms with E-state index in [1.807, 2.05) is 75.7 Å². The summed E-state index contributed by atoms with van der Waals surface area (Å²) in [7, 11) is 0. The van der Waals surface area contributed by atoms with Gasteiger partial charge >= 0.3 is 6.09 Å². The third-order valence-electron chi connectivity index (χ3n) is 5.91. The van der Waals surface area contributed by atoms with Crippen LogP contribution >= 0.6 is 0 Å². The van der Waals surface area contributed by atoms with Gasteiger partial charge in [-0.2, -0.15) is 5.10 Å². The molecule has 1 amide bonds. The van der Waals surface area contributed by atoms with Crippen LogP contribution < -0.4 is 5.32 Å². The van der Waals surface area contributed by atoms with Crippen molar-refractivity contribution in [2.45, 2.75) is 71.2 Å². The summed E-state index contributed by atoms with van der Waals surface area (Å²) in [4.78, 5) is 12.2. The molecule has 2 heterocycles. The molecule has 1 atom stereocenters. The minimum atomic E-state index is -0.617. The number of nitrogens with zero attached hydrogens (tertiary/aromatic N) is 2. The fraction of sp³-hybridized carbons (Fsp3) is 0.462. The molecule has 7 nitrogen and oxygen atoms in total. The Kier molecular flexibility index (Phi) is 6.10. The highest BCUT2D eigenvalue weighted by Crippen LogP contribution is 2.38. The van der Waals surface area contributed by atoms with Crippen LogP contribution in [0.2, 0.25) is 0 Å². The number of ether oxygens (including phenoxy) is 2. The van der Waals surface area contributed by atoms with Crippen molar-refractivity contribution in [3.63, 3.8) is 0 Å². The molecule has 33 heavy (non-hydrogen) atoms. The molecular formula is C26H33N3O4. The van der Waals surface area contributed by atoms with Crippen LogP contribution in [0.1, 0.15) is 65.7 Å². The summed E-state index contributed by atoms with van der Waals surface area (Å²) in [6.45, 7) is 10.1. The Balaban J connectivity index is 1.56. The standard InChI is InChI=1S/C26H33N3O4/c1-25(2,3)33-24(31)28-26(4,5)18-11-9-17(10-12-18)19-13-14-21-20(23(19)30)16-27-29(21)22-8-6-7-15-32-22/h9-14,16,22,30H,6-8,15H2,1-5H3,(H,28,31). The number of hydrogen-bond donors (Lipinski definition) is 2. The second kappa shape index (κ2) is 8.71. The van der Waals surface area contributed by atoms with Gasteiger partial charge in [-0.05, 0) is 77.1 Å². The van der Waals surface area contributed by atoms with Gasteiger partial charge in [-0.25, -0.2) is 9.48 Å². The molecular weight excluding hydrogens is 418 g/mol.